The third-order valence-corrected chi connectivity index (χ3v) is 4.90. The van der Waals surface area contributed by atoms with Crippen molar-refractivity contribution in [3.63, 3.8) is 0 Å². The van der Waals surface area contributed by atoms with Crippen LogP contribution in [0, 0.1) is 0 Å². The summed E-state index contributed by atoms with van der Waals surface area (Å²) in [7, 11) is 0. The normalized spacial score (nSPS) is 11.0. The molecule has 0 unspecified atom stereocenters. The fraction of sp³-hybridized carbons (Fsp3) is 0.238. The number of ketones is 1. The Morgan fingerprint density at radius 3 is 2.84 bits per heavy atom. The van der Waals surface area contributed by atoms with E-state index in [4.69, 9.17) is 4.74 Å². The van der Waals surface area contributed by atoms with E-state index in [0.717, 1.165) is 6.42 Å². The lowest BCUT2D eigenvalue weighted by atomic mass is 10.0. The monoisotopic (exact) mass is 420 g/mol. The molecule has 0 amide bonds. The van der Waals surface area contributed by atoms with Crippen LogP contribution in [0.2, 0.25) is 0 Å². The van der Waals surface area contributed by atoms with Gasteiger partial charge < -0.3 is 9.84 Å². The quantitative estimate of drug-likeness (QED) is 0.435. The van der Waals surface area contributed by atoms with Crippen molar-refractivity contribution in [2.24, 2.45) is 0 Å². The Morgan fingerprint density at radius 1 is 1.29 bits per heavy atom. The first-order valence-corrected chi connectivity index (χ1v) is 9.73. The molecule has 4 rings (SSSR count). The molecule has 0 aliphatic heterocycles. The lowest BCUT2D eigenvalue weighted by molar-refractivity contribution is 0.101. The van der Waals surface area contributed by atoms with Gasteiger partial charge in [0.15, 0.2) is 5.78 Å². The first-order chi connectivity index (χ1) is 15.0. The maximum absolute atomic E-state index is 12.8. The van der Waals surface area contributed by atoms with Crippen molar-refractivity contribution in [3.8, 4) is 22.9 Å². The zero-order chi connectivity index (χ0) is 22.0. The van der Waals surface area contributed by atoms with Crippen molar-refractivity contribution in [3.05, 3.63) is 63.7 Å². The van der Waals surface area contributed by atoms with E-state index in [2.05, 4.69) is 25.6 Å². The number of H-pyrrole nitrogens is 1. The Labute approximate surface area is 176 Å². The molecule has 0 saturated carbocycles. The van der Waals surface area contributed by atoms with Crippen molar-refractivity contribution in [1.29, 1.82) is 0 Å². The van der Waals surface area contributed by atoms with Crippen LogP contribution in [0.3, 0.4) is 0 Å². The van der Waals surface area contributed by atoms with Crippen molar-refractivity contribution in [2.45, 2.75) is 33.3 Å². The SMILES string of the molecule is CCCc1c(OCc2cccn3c(=O)c(-c4nn[nH]n4)cnc23)ccc(C(C)=O)c1O. The molecule has 2 N–H and O–H groups in total. The molecule has 0 radical (unpaired) electrons. The molecule has 0 atom stereocenters. The van der Waals surface area contributed by atoms with Crippen molar-refractivity contribution in [2.75, 3.05) is 0 Å². The fourth-order valence-corrected chi connectivity index (χ4v) is 3.39. The molecule has 158 valence electrons. The zero-order valence-corrected chi connectivity index (χ0v) is 17.0. The topological polar surface area (TPSA) is 135 Å². The van der Waals surface area contributed by atoms with Gasteiger partial charge in [0.2, 0.25) is 5.82 Å². The van der Waals surface area contributed by atoms with Crippen LogP contribution in [-0.2, 0) is 13.0 Å². The number of aromatic amines is 1. The van der Waals surface area contributed by atoms with E-state index >= 15 is 0 Å². The molecule has 0 aliphatic rings. The summed E-state index contributed by atoms with van der Waals surface area (Å²) in [6, 6.07) is 6.76. The van der Waals surface area contributed by atoms with Crippen LogP contribution in [0.1, 0.15) is 41.8 Å². The van der Waals surface area contributed by atoms with Gasteiger partial charge in [-0.05, 0) is 36.8 Å². The second kappa shape index (κ2) is 8.34. The number of phenolic OH excluding ortho intramolecular Hbond substituents is 1. The fourth-order valence-electron chi connectivity index (χ4n) is 3.39. The highest BCUT2D eigenvalue weighted by molar-refractivity contribution is 5.97. The molecule has 0 bridgehead atoms. The van der Waals surface area contributed by atoms with E-state index in [1.165, 1.54) is 17.5 Å². The minimum Gasteiger partial charge on any atom is -0.507 e. The van der Waals surface area contributed by atoms with Gasteiger partial charge in [-0.1, -0.05) is 19.4 Å². The van der Waals surface area contributed by atoms with E-state index in [0.29, 0.717) is 28.9 Å². The first kappa shape index (κ1) is 20.2. The van der Waals surface area contributed by atoms with Gasteiger partial charge in [0.25, 0.3) is 5.56 Å². The number of hydrogen-bond acceptors (Lipinski definition) is 8. The lowest BCUT2D eigenvalue weighted by Gasteiger charge is -2.15. The van der Waals surface area contributed by atoms with Gasteiger partial charge in [-0.3, -0.25) is 14.0 Å². The third-order valence-electron chi connectivity index (χ3n) is 4.90. The maximum Gasteiger partial charge on any atom is 0.269 e. The summed E-state index contributed by atoms with van der Waals surface area (Å²) < 4.78 is 7.37. The van der Waals surface area contributed by atoms with Gasteiger partial charge in [-0.25, -0.2) is 4.98 Å². The minimum atomic E-state index is -0.330. The number of ether oxygens (including phenoxy) is 1. The molecule has 31 heavy (non-hydrogen) atoms. The summed E-state index contributed by atoms with van der Waals surface area (Å²) in [6.45, 7) is 3.51. The number of aromatic hydroxyl groups is 1. The third kappa shape index (κ3) is 3.75. The number of carbonyl (C=O) groups is 1. The van der Waals surface area contributed by atoms with E-state index in [1.54, 1.807) is 30.5 Å². The summed E-state index contributed by atoms with van der Waals surface area (Å²) in [5, 5.41) is 24.0. The lowest BCUT2D eigenvalue weighted by Crippen LogP contribution is -2.18. The molecule has 0 fully saturated rings. The zero-order valence-electron chi connectivity index (χ0n) is 17.0. The number of hydrogen-bond donors (Lipinski definition) is 2. The highest BCUT2D eigenvalue weighted by Crippen LogP contribution is 2.33. The number of rotatable bonds is 7. The molecule has 3 heterocycles. The highest BCUT2D eigenvalue weighted by Gasteiger charge is 2.17. The summed E-state index contributed by atoms with van der Waals surface area (Å²) in [5.41, 5.74) is 1.85. The first-order valence-electron chi connectivity index (χ1n) is 9.73. The van der Waals surface area contributed by atoms with Gasteiger partial charge in [-0.15, -0.1) is 10.2 Å². The van der Waals surface area contributed by atoms with Gasteiger partial charge in [0, 0.05) is 23.5 Å². The van der Waals surface area contributed by atoms with Crippen molar-refractivity contribution >= 4 is 11.4 Å². The number of aromatic nitrogens is 6. The Morgan fingerprint density at radius 2 is 2.13 bits per heavy atom. The second-order valence-electron chi connectivity index (χ2n) is 6.97. The van der Waals surface area contributed by atoms with Crippen molar-refractivity contribution in [1.82, 2.24) is 30.0 Å². The average molecular weight is 420 g/mol. The average Bonchev–Trinajstić information content (AvgIpc) is 3.29. The van der Waals surface area contributed by atoms with E-state index in [9.17, 15) is 14.7 Å². The summed E-state index contributed by atoms with van der Waals surface area (Å²) in [6.07, 6.45) is 4.34. The molecule has 10 heteroatoms. The number of benzene rings is 1. The highest BCUT2D eigenvalue weighted by atomic mass is 16.5. The van der Waals surface area contributed by atoms with Gasteiger partial charge >= 0.3 is 0 Å². The number of tetrazole rings is 1. The standard InChI is InChI=1S/C21H20N6O4/c1-3-5-15-17(8-7-14(12(2)28)18(15)29)31-11-13-6-4-9-27-20(13)22-10-16(21(27)30)19-23-25-26-24-19/h4,6-10,29H,3,5,11H2,1-2H3,(H,23,24,25,26). The molecule has 0 spiro atoms. The van der Waals surface area contributed by atoms with Crippen LogP contribution < -0.4 is 10.3 Å². The molecule has 4 aromatic rings. The molecular formula is C21H20N6O4. The van der Waals surface area contributed by atoms with E-state index in [1.807, 2.05) is 6.92 Å². The molecular weight excluding hydrogens is 400 g/mol. The molecule has 1 aromatic carbocycles. The number of nitrogens with one attached hydrogen (secondary N) is 1. The van der Waals surface area contributed by atoms with Crippen LogP contribution in [0.5, 0.6) is 11.5 Å². The van der Waals surface area contributed by atoms with Gasteiger partial charge in [0.05, 0.1) is 5.56 Å². The van der Waals surface area contributed by atoms with E-state index in [-0.39, 0.29) is 40.7 Å². The molecule has 0 saturated heterocycles. The summed E-state index contributed by atoms with van der Waals surface area (Å²) >= 11 is 0. The van der Waals surface area contributed by atoms with Crippen LogP contribution >= 0.6 is 0 Å². The predicted octanol–water partition coefficient (Wildman–Crippen LogP) is 2.31. The van der Waals surface area contributed by atoms with Crippen molar-refractivity contribution < 1.29 is 14.6 Å². The number of phenols is 1. The number of pyridine rings is 1. The number of fused-ring (bicyclic) bond motifs is 1. The number of Topliss-reactive ketones (excluding diaryl/α,β-unsaturated/α-hetero) is 1. The van der Waals surface area contributed by atoms with E-state index < -0.39 is 0 Å². The van der Waals surface area contributed by atoms with Gasteiger partial charge in [0.1, 0.15) is 29.3 Å². The van der Waals surface area contributed by atoms with Crippen LogP contribution in [0.25, 0.3) is 17.0 Å². The Kier molecular flexibility index (Phi) is 5.44. The molecule has 3 aromatic heterocycles. The number of carbonyl (C=O) groups excluding carboxylic acids is 1. The molecule has 0 aliphatic carbocycles. The predicted molar refractivity (Wildman–Crippen MR) is 111 cm³/mol. The van der Waals surface area contributed by atoms with Crippen LogP contribution in [0.15, 0.2) is 41.5 Å². The van der Waals surface area contributed by atoms with Crippen LogP contribution in [0.4, 0.5) is 0 Å². The maximum atomic E-state index is 12.8. The largest absolute Gasteiger partial charge is 0.507 e. The smallest absolute Gasteiger partial charge is 0.269 e. The molecule has 10 nitrogen and oxygen atoms in total. The Balaban J connectivity index is 1.69. The summed E-state index contributed by atoms with van der Waals surface area (Å²) in [4.78, 5) is 29.0. The Bertz CT molecular complexity index is 1310. The van der Waals surface area contributed by atoms with Gasteiger partial charge in [-0.2, -0.15) is 5.21 Å². The Hall–Kier alpha value is -4.08. The number of nitrogens with zero attached hydrogens (tertiary/aromatic N) is 5. The van der Waals surface area contributed by atoms with Crippen LogP contribution in [-0.4, -0.2) is 40.9 Å². The summed E-state index contributed by atoms with van der Waals surface area (Å²) in [5.74, 6) is 0.385. The minimum absolute atomic E-state index is 0.0520. The second-order valence-corrected chi connectivity index (χ2v) is 6.97.